The van der Waals surface area contributed by atoms with Crippen molar-refractivity contribution in [3.8, 4) is 0 Å². The molecule has 1 nitrogen and oxygen atoms in total. The van der Waals surface area contributed by atoms with Gasteiger partial charge in [-0.05, 0) is 0 Å². The first kappa shape index (κ1) is 10.0. The van der Waals surface area contributed by atoms with E-state index in [2.05, 4.69) is 37.8 Å². The van der Waals surface area contributed by atoms with Crippen LogP contribution < -0.4 is 3.23 Å². The van der Waals surface area contributed by atoms with Gasteiger partial charge in [0, 0.05) is 0 Å². The minimum atomic E-state index is -1.41. The number of nitrogens with one attached hydrogen (secondary N) is 1. The summed E-state index contributed by atoms with van der Waals surface area (Å²) >= 11 is -2.81. The molecule has 0 rings (SSSR count). The molecule has 0 amide bonds. The number of rotatable bonds is 2. The molecule has 0 atom stereocenters. The fourth-order valence-corrected chi connectivity index (χ4v) is 30.4. The molecular weight excluding hydrogens is 231 g/mol. The van der Waals surface area contributed by atoms with Crippen molar-refractivity contribution in [1.29, 1.82) is 0 Å². The first-order chi connectivity index (χ1) is 3.71. The van der Waals surface area contributed by atoms with Gasteiger partial charge >= 0.3 is 64.7 Å². The summed E-state index contributed by atoms with van der Waals surface area (Å²) in [5.41, 5.74) is 0. The van der Waals surface area contributed by atoms with Crippen LogP contribution in [0.2, 0.25) is 34.5 Å². The van der Waals surface area contributed by atoms with Crippen LogP contribution in [0.15, 0.2) is 0 Å². The normalized spacial score (nSPS) is 14.0. The van der Waals surface area contributed by atoms with Crippen LogP contribution in [-0.4, -0.2) is 27.0 Å². The summed E-state index contributed by atoms with van der Waals surface area (Å²) in [7, 11) is 0. The molecule has 0 aromatic rings. The van der Waals surface area contributed by atoms with E-state index in [1.165, 1.54) is 0 Å². The van der Waals surface area contributed by atoms with Gasteiger partial charge in [0.2, 0.25) is 0 Å². The molecule has 0 spiro atoms. The zero-order valence-electron chi connectivity index (χ0n) is 7.50. The summed E-state index contributed by atoms with van der Waals surface area (Å²) in [6.07, 6.45) is 0. The van der Waals surface area contributed by atoms with Crippen molar-refractivity contribution in [3.05, 3.63) is 0 Å². The fourth-order valence-electron chi connectivity index (χ4n) is 1.12. The van der Waals surface area contributed by atoms with Crippen LogP contribution in [0.5, 0.6) is 0 Å². The van der Waals surface area contributed by atoms with E-state index in [-0.39, 0.29) is 0 Å². The zero-order chi connectivity index (χ0) is 7.71. The summed E-state index contributed by atoms with van der Waals surface area (Å²) < 4.78 is 3.83. The van der Waals surface area contributed by atoms with Gasteiger partial charge in [0.05, 0.1) is 0 Å². The molecule has 0 saturated carbocycles. The van der Waals surface area contributed by atoms with Gasteiger partial charge in [-0.25, -0.2) is 0 Å². The van der Waals surface area contributed by atoms with Gasteiger partial charge in [0.25, 0.3) is 0 Å². The third kappa shape index (κ3) is 9.05. The standard InChI is InChI=1S/C6H19Ge2N/c1-7(2,3)9-8(4,5)6/h9H,1-6H3. The van der Waals surface area contributed by atoms with Crippen molar-refractivity contribution in [2.45, 2.75) is 34.5 Å². The Bertz CT molecular complexity index is 76.2. The Labute approximate surface area is 64.8 Å². The molecule has 0 fully saturated rings. The van der Waals surface area contributed by atoms with E-state index in [0.717, 1.165) is 0 Å². The topological polar surface area (TPSA) is 12.0 Å². The van der Waals surface area contributed by atoms with Crippen molar-refractivity contribution >= 4 is 27.0 Å². The summed E-state index contributed by atoms with van der Waals surface area (Å²) in [6, 6.07) is 0. The Kier molecular flexibility index (Phi) is 3.31. The maximum absolute atomic E-state index is 3.83. The molecule has 0 aromatic heterocycles. The summed E-state index contributed by atoms with van der Waals surface area (Å²) in [6.45, 7) is 0. The van der Waals surface area contributed by atoms with Crippen LogP contribution in [0.1, 0.15) is 0 Å². The summed E-state index contributed by atoms with van der Waals surface area (Å²) in [5, 5.41) is 0. The molecular formula is C6H19Ge2N. The molecule has 9 heavy (non-hydrogen) atoms. The molecule has 0 radical (unpaired) electrons. The van der Waals surface area contributed by atoms with Crippen LogP contribution in [0.3, 0.4) is 0 Å². The van der Waals surface area contributed by atoms with Gasteiger partial charge in [0.15, 0.2) is 0 Å². The zero-order valence-corrected chi connectivity index (χ0v) is 11.7. The summed E-state index contributed by atoms with van der Waals surface area (Å²) in [5.74, 6) is 14.5. The fraction of sp³-hybridized carbons (Fsp3) is 1.00. The third-order valence-electron chi connectivity index (χ3n) is 0.750. The molecule has 0 bridgehead atoms. The number of hydrogen-bond donors (Lipinski definition) is 1. The van der Waals surface area contributed by atoms with Crippen LogP contribution in [-0.2, 0) is 0 Å². The van der Waals surface area contributed by atoms with Gasteiger partial charge in [0.1, 0.15) is 0 Å². The Hall–Kier alpha value is 1.05. The predicted molar refractivity (Wildman–Crippen MR) is 49.8 cm³/mol. The summed E-state index contributed by atoms with van der Waals surface area (Å²) in [4.78, 5) is 0. The average Bonchev–Trinajstić information content (AvgIpc) is 1.14. The predicted octanol–water partition coefficient (Wildman–Crippen LogP) is 2.25. The van der Waals surface area contributed by atoms with E-state index >= 15 is 0 Å². The van der Waals surface area contributed by atoms with Crippen molar-refractivity contribution in [1.82, 2.24) is 3.23 Å². The maximum atomic E-state index is 3.83. The first-order valence-electron chi connectivity index (χ1n) is 3.50. The quantitative estimate of drug-likeness (QED) is 0.741. The van der Waals surface area contributed by atoms with E-state index in [0.29, 0.717) is 0 Å². The van der Waals surface area contributed by atoms with Crippen LogP contribution in [0.4, 0.5) is 0 Å². The second-order valence-corrected chi connectivity index (χ2v) is 26.8. The van der Waals surface area contributed by atoms with Crippen LogP contribution in [0, 0.1) is 0 Å². The molecule has 0 heterocycles. The van der Waals surface area contributed by atoms with E-state index in [4.69, 9.17) is 0 Å². The van der Waals surface area contributed by atoms with E-state index < -0.39 is 27.0 Å². The second kappa shape index (κ2) is 2.97. The van der Waals surface area contributed by atoms with E-state index in [1.54, 1.807) is 0 Å². The van der Waals surface area contributed by atoms with Crippen LogP contribution in [0.25, 0.3) is 0 Å². The van der Waals surface area contributed by atoms with Gasteiger partial charge < -0.3 is 0 Å². The van der Waals surface area contributed by atoms with Crippen molar-refractivity contribution in [3.63, 3.8) is 0 Å². The Balaban J connectivity index is 3.75. The Morgan fingerprint density at radius 2 is 0.889 bits per heavy atom. The van der Waals surface area contributed by atoms with Crippen LogP contribution >= 0.6 is 0 Å². The SMILES string of the molecule is [CH3][Ge]([CH3])([CH3])[NH][Ge]([CH3])([CH3])[CH3]. The van der Waals surface area contributed by atoms with Gasteiger partial charge in [-0.1, -0.05) is 0 Å². The molecule has 3 heteroatoms. The molecule has 0 unspecified atom stereocenters. The van der Waals surface area contributed by atoms with Gasteiger partial charge in [-0.3, -0.25) is 0 Å². The molecule has 0 aliphatic carbocycles. The average molecular weight is 250 g/mol. The molecule has 0 aliphatic heterocycles. The molecule has 0 saturated heterocycles. The number of hydrogen-bond acceptors (Lipinski definition) is 1. The monoisotopic (exact) mass is 253 g/mol. The van der Waals surface area contributed by atoms with E-state index in [1.807, 2.05) is 0 Å². The van der Waals surface area contributed by atoms with E-state index in [9.17, 15) is 0 Å². The van der Waals surface area contributed by atoms with Crippen molar-refractivity contribution < 1.29 is 0 Å². The van der Waals surface area contributed by atoms with Crippen molar-refractivity contribution in [2.75, 3.05) is 0 Å². The van der Waals surface area contributed by atoms with Gasteiger partial charge in [-0.15, -0.1) is 0 Å². The first-order valence-corrected chi connectivity index (χ1v) is 18.2. The second-order valence-electron chi connectivity index (χ2n) is 4.62. The molecule has 1 N–H and O–H groups in total. The van der Waals surface area contributed by atoms with Gasteiger partial charge in [-0.2, -0.15) is 0 Å². The minimum absolute atomic E-state index is 1.41. The Morgan fingerprint density at radius 3 is 0.889 bits per heavy atom. The Morgan fingerprint density at radius 1 is 0.667 bits per heavy atom. The molecule has 0 aromatic carbocycles. The molecule has 56 valence electrons. The van der Waals surface area contributed by atoms with Crippen molar-refractivity contribution in [2.24, 2.45) is 0 Å². The third-order valence-corrected chi connectivity index (χ3v) is 20.2. The molecule has 0 aliphatic rings.